The van der Waals surface area contributed by atoms with E-state index >= 15 is 0 Å². The van der Waals surface area contributed by atoms with Crippen molar-refractivity contribution >= 4 is 5.95 Å². The molecule has 4 nitrogen and oxygen atoms in total. The molecule has 1 aliphatic rings. The molecule has 2 unspecified atom stereocenters. The molecule has 0 bridgehead atoms. The highest BCUT2D eigenvalue weighted by Crippen LogP contribution is 2.29. The van der Waals surface area contributed by atoms with Gasteiger partial charge in [-0.25, -0.2) is 9.97 Å². The first-order chi connectivity index (χ1) is 10.6. The molecular weight excluding hydrogens is 274 g/mol. The molecule has 0 spiro atoms. The number of aliphatic hydroxyl groups is 1. The summed E-state index contributed by atoms with van der Waals surface area (Å²) in [4.78, 5) is 11.4. The maximum absolute atomic E-state index is 10.5. The van der Waals surface area contributed by atoms with Gasteiger partial charge in [0.05, 0.1) is 6.10 Å². The van der Waals surface area contributed by atoms with Crippen LogP contribution in [0.2, 0.25) is 0 Å². The van der Waals surface area contributed by atoms with E-state index in [4.69, 9.17) is 0 Å². The molecule has 1 aromatic heterocycles. The number of benzene rings is 1. The van der Waals surface area contributed by atoms with Crippen molar-refractivity contribution in [1.82, 2.24) is 9.97 Å². The topological polar surface area (TPSA) is 49.2 Å². The van der Waals surface area contributed by atoms with Crippen molar-refractivity contribution in [1.29, 1.82) is 0 Å². The lowest BCUT2D eigenvalue weighted by Gasteiger charge is -2.27. The number of aryl methyl sites for hydroxylation is 2. The number of nitrogens with zero attached hydrogens (tertiary/aromatic N) is 3. The van der Waals surface area contributed by atoms with Gasteiger partial charge in [-0.2, -0.15) is 0 Å². The Hall–Kier alpha value is -1.94. The van der Waals surface area contributed by atoms with Crippen LogP contribution < -0.4 is 4.90 Å². The minimum atomic E-state index is -0.432. The minimum Gasteiger partial charge on any atom is -0.388 e. The molecule has 0 radical (unpaired) electrons. The molecule has 1 saturated heterocycles. The highest BCUT2D eigenvalue weighted by Gasteiger charge is 2.29. The lowest BCUT2D eigenvalue weighted by atomic mass is 10.0. The summed E-state index contributed by atoms with van der Waals surface area (Å²) in [5, 5.41) is 10.5. The van der Waals surface area contributed by atoms with E-state index < -0.39 is 6.10 Å². The highest BCUT2D eigenvalue weighted by atomic mass is 16.3. The molecule has 116 valence electrons. The summed E-state index contributed by atoms with van der Waals surface area (Å²) in [5.74, 6) is 0.797. The second-order valence-corrected chi connectivity index (χ2v) is 6.09. The summed E-state index contributed by atoms with van der Waals surface area (Å²) in [6, 6.07) is 10.2. The number of aliphatic hydroxyl groups excluding tert-OH is 1. The highest BCUT2D eigenvalue weighted by molar-refractivity contribution is 5.36. The van der Waals surface area contributed by atoms with Crippen molar-refractivity contribution in [3.63, 3.8) is 0 Å². The fraction of sp³-hybridized carbons (Fsp3) is 0.444. The second-order valence-electron chi connectivity index (χ2n) is 6.09. The van der Waals surface area contributed by atoms with Gasteiger partial charge < -0.3 is 10.0 Å². The third-order valence-corrected chi connectivity index (χ3v) is 4.53. The van der Waals surface area contributed by atoms with Crippen molar-refractivity contribution in [2.24, 2.45) is 0 Å². The Balaban J connectivity index is 1.74. The molecule has 1 N–H and O–H groups in total. The van der Waals surface area contributed by atoms with Gasteiger partial charge >= 0.3 is 0 Å². The van der Waals surface area contributed by atoms with Gasteiger partial charge in [0.25, 0.3) is 0 Å². The lowest BCUT2D eigenvalue weighted by molar-refractivity contribution is 0.158. The number of aromatic nitrogens is 2. The average Bonchev–Trinajstić information content (AvgIpc) is 2.99. The molecule has 0 aliphatic carbocycles. The van der Waals surface area contributed by atoms with Crippen LogP contribution in [-0.2, 0) is 0 Å². The SMILES string of the molecule is Cc1cnc(N2CCCC2CC(O)c2ccccc2)nc1C. The van der Waals surface area contributed by atoms with Crippen LogP contribution in [0.3, 0.4) is 0 Å². The molecule has 1 aliphatic heterocycles. The fourth-order valence-electron chi connectivity index (χ4n) is 3.07. The van der Waals surface area contributed by atoms with Crippen LogP contribution in [0.1, 0.15) is 42.2 Å². The van der Waals surface area contributed by atoms with E-state index in [1.54, 1.807) is 0 Å². The zero-order valence-electron chi connectivity index (χ0n) is 13.2. The normalized spacial score (nSPS) is 19.4. The van der Waals surface area contributed by atoms with E-state index in [9.17, 15) is 5.11 Å². The maximum atomic E-state index is 10.5. The van der Waals surface area contributed by atoms with Gasteiger partial charge in [-0.05, 0) is 44.2 Å². The van der Waals surface area contributed by atoms with E-state index in [-0.39, 0.29) is 0 Å². The van der Waals surface area contributed by atoms with Crippen LogP contribution in [-0.4, -0.2) is 27.7 Å². The Morgan fingerprint density at radius 1 is 1.27 bits per heavy atom. The van der Waals surface area contributed by atoms with Crippen molar-refractivity contribution in [2.45, 2.75) is 45.3 Å². The fourth-order valence-corrected chi connectivity index (χ4v) is 3.07. The summed E-state index contributed by atoms with van der Waals surface area (Å²) in [6.45, 7) is 5.01. The summed E-state index contributed by atoms with van der Waals surface area (Å²) in [5.41, 5.74) is 3.12. The summed E-state index contributed by atoms with van der Waals surface area (Å²) < 4.78 is 0. The van der Waals surface area contributed by atoms with Crippen LogP contribution in [0.4, 0.5) is 5.95 Å². The minimum absolute atomic E-state index is 0.303. The van der Waals surface area contributed by atoms with E-state index in [1.165, 1.54) is 0 Å². The Kier molecular flexibility index (Phi) is 4.39. The van der Waals surface area contributed by atoms with Gasteiger partial charge in [-0.3, -0.25) is 0 Å². The zero-order valence-corrected chi connectivity index (χ0v) is 13.2. The maximum Gasteiger partial charge on any atom is 0.225 e. The average molecular weight is 297 g/mol. The van der Waals surface area contributed by atoms with Crippen LogP contribution in [0.25, 0.3) is 0 Å². The van der Waals surface area contributed by atoms with Gasteiger partial charge in [0, 0.05) is 24.5 Å². The molecule has 0 saturated carbocycles. The quantitative estimate of drug-likeness (QED) is 0.941. The number of rotatable bonds is 4. The Bertz CT molecular complexity index is 629. The smallest absolute Gasteiger partial charge is 0.225 e. The van der Waals surface area contributed by atoms with Crippen molar-refractivity contribution in [3.05, 3.63) is 53.3 Å². The molecule has 0 amide bonds. The molecule has 2 atom stereocenters. The molecule has 1 aromatic carbocycles. The third-order valence-electron chi connectivity index (χ3n) is 4.53. The van der Waals surface area contributed by atoms with Crippen molar-refractivity contribution in [2.75, 3.05) is 11.4 Å². The third kappa shape index (κ3) is 3.12. The van der Waals surface area contributed by atoms with Gasteiger partial charge in [0.2, 0.25) is 5.95 Å². The van der Waals surface area contributed by atoms with Crippen LogP contribution in [0.5, 0.6) is 0 Å². The molecule has 3 rings (SSSR count). The molecule has 2 aromatic rings. The lowest BCUT2D eigenvalue weighted by Crippen LogP contribution is -2.32. The van der Waals surface area contributed by atoms with E-state index in [1.807, 2.05) is 50.4 Å². The first kappa shape index (κ1) is 15.0. The number of hydrogen-bond acceptors (Lipinski definition) is 4. The van der Waals surface area contributed by atoms with Crippen LogP contribution in [0.15, 0.2) is 36.5 Å². The molecule has 1 fully saturated rings. The van der Waals surface area contributed by atoms with E-state index in [0.717, 1.165) is 48.6 Å². The van der Waals surface area contributed by atoms with Gasteiger partial charge in [0.1, 0.15) is 0 Å². The second kappa shape index (κ2) is 6.44. The van der Waals surface area contributed by atoms with Gasteiger partial charge in [0.15, 0.2) is 0 Å². The largest absolute Gasteiger partial charge is 0.388 e. The van der Waals surface area contributed by atoms with Crippen molar-refractivity contribution in [3.8, 4) is 0 Å². The van der Waals surface area contributed by atoms with Gasteiger partial charge in [-0.15, -0.1) is 0 Å². The van der Waals surface area contributed by atoms with Gasteiger partial charge in [-0.1, -0.05) is 30.3 Å². The number of hydrogen-bond donors (Lipinski definition) is 1. The molecule has 22 heavy (non-hydrogen) atoms. The van der Waals surface area contributed by atoms with E-state index in [2.05, 4.69) is 14.9 Å². The van der Waals surface area contributed by atoms with Crippen LogP contribution >= 0.6 is 0 Å². The van der Waals surface area contributed by atoms with Crippen LogP contribution in [0, 0.1) is 13.8 Å². The monoisotopic (exact) mass is 297 g/mol. The Morgan fingerprint density at radius 3 is 2.77 bits per heavy atom. The first-order valence-corrected chi connectivity index (χ1v) is 7.95. The summed E-state index contributed by atoms with van der Waals surface area (Å²) in [6.07, 6.45) is 4.39. The Labute approximate surface area is 131 Å². The predicted octanol–water partition coefficient (Wildman–Crippen LogP) is 3.19. The summed E-state index contributed by atoms with van der Waals surface area (Å²) in [7, 11) is 0. The standard InChI is InChI=1S/C18H23N3O/c1-13-12-19-18(20-14(13)2)21-10-6-9-16(21)11-17(22)15-7-4-3-5-8-15/h3-5,7-8,12,16-17,22H,6,9-11H2,1-2H3. The molecule has 4 heteroatoms. The zero-order chi connectivity index (χ0) is 15.5. The van der Waals surface area contributed by atoms with Crippen molar-refractivity contribution < 1.29 is 5.11 Å². The summed E-state index contributed by atoms with van der Waals surface area (Å²) >= 11 is 0. The Morgan fingerprint density at radius 2 is 2.05 bits per heavy atom. The van der Waals surface area contributed by atoms with E-state index in [0.29, 0.717) is 6.04 Å². The number of anilines is 1. The molecule has 2 heterocycles. The predicted molar refractivity (Wildman–Crippen MR) is 87.9 cm³/mol. The molecular formula is C18H23N3O. The first-order valence-electron chi connectivity index (χ1n) is 7.95.